The van der Waals surface area contributed by atoms with E-state index in [1.165, 1.54) is 100 Å². The highest BCUT2D eigenvalue weighted by molar-refractivity contribution is 7.26. The molecule has 1 aliphatic rings. The molecule has 1 unspecified atom stereocenters. The molecule has 322 valence electrons. The first-order valence-electron chi connectivity index (χ1n) is 23.5. The van der Waals surface area contributed by atoms with Gasteiger partial charge in [0.15, 0.2) is 17.5 Å². The zero-order valence-electron chi connectivity index (χ0n) is 37.1. The van der Waals surface area contributed by atoms with Crippen molar-refractivity contribution in [2.24, 2.45) is 0 Å². The molecule has 4 aromatic heterocycles. The predicted molar refractivity (Wildman–Crippen MR) is 293 cm³/mol. The monoisotopic (exact) mass is 914 g/mol. The number of nitrogens with zero attached hydrogens (tertiary/aromatic N) is 4. The summed E-state index contributed by atoms with van der Waals surface area (Å²) in [5.74, 6) is 2.02. The van der Waals surface area contributed by atoms with Gasteiger partial charge in [-0.15, -0.1) is 22.7 Å². The molecular weight excluding hydrogens is 877 g/mol. The first-order chi connectivity index (χ1) is 34.2. The van der Waals surface area contributed by atoms with Gasteiger partial charge in [-0.1, -0.05) is 170 Å². The van der Waals surface area contributed by atoms with Crippen molar-refractivity contribution < 1.29 is 0 Å². The van der Waals surface area contributed by atoms with E-state index < -0.39 is 0 Å². The van der Waals surface area contributed by atoms with Crippen molar-refractivity contribution in [3.63, 3.8) is 0 Å². The van der Waals surface area contributed by atoms with E-state index >= 15 is 0 Å². The van der Waals surface area contributed by atoms with E-state index in [0.717, 1.165) is 28.7 Å². The summed E-state index contributed by atoms with van der Waals surface area (Å²) in [6.45, 7) is 0. The maximum atomic E-state index is 5.56. The van der Waals surface area contributed by atoms with Crippen LogP contribution in [0.2, 0.25) is 0 Å². The van der Waals surface area contributed by atoms with Gasteiger partial charge in [0, 0.05) is 68.2 Å². The minimum atomic E-state index is 0.0187. The highest BCUT2D eigenvalue weighted by atomic mass is 32.1. The topological polar surface area (TPSA) is 43.6 Å². The molecule has 0 spiro atoms. The Morgan fingerprint density at radius 2 is 1.03 bits per heavy atom. The number of fused-ring (bicyclic) bond motifs is 13. The molecule has 14 aromatic rings. The van der Waals surface area contributed by atoms with Gasteiger partial charge >= 0.3 is 0 Å². The van der Waals surface area contributed by atoms with Crippen molar-refractivity contribution >= 4 is 113 Å². The van der Waals surface area contributed by atoms with E-state index in [9.17, 15) is 0 Å². The summed E-state index contributed by atoms with van der Waals surface area (Å²) >= 11 is 3.72. The van der Waals surface area contributed by atoms with E-state index in [1.807, 2.05) is 11.3 Å². The summed E-state index contributed by atoms with van der Waals surface area (Å²) in [7, 11) is 0. The summed E-state index contributed by atoms with van der Waals surface area (Å²) in [5.41, 5.74) is 9.03. The SMILES string of the molecule is C1=C(c2nc(-c3ccc(-c4ccccc4)cc3)nc(-c3cccc4c3sc3ccccc34)n2)c2c(sc3cc4ccccc4cc23)C(n2c3cc4ccccc4cc3c3c4ccccc4ccc32)C1. The van der Waals surface area contributed by atoms with E-state index in [-0.39, 0.29) is 6.04 Å². The average Bonchev–Trinajstić information content (AvgIpc) is 4.09. The van der Waals surface area contributed by atoms with Crippen LogP contribution < -0.4 is 0 Å². The van der Waals surface area contributed by atoms with Crippen LogP contribution in [0.5, 0.6) is 0 Å². The van der Waals surface area contributed by atoms with Gasteiger partial charge < -0.3 is 4.57 Å². The lowest BCUT2D eigenvalue weighted by Crippen LogP contribution is -2.15. The second-order valence-electron chi connectivity index (χ2n) is 18.2. The molecule has 0 saturated carbocycles. The van der Waals surface area contributed by atoms with Gasteiger partial charge in [-0.25, -0.2) is 15.0 Å². The van der Waals surface area contributed by atoms with Crippen LogP contribution in [0.1, 0.15) is 28.7 Å². The Bertz CT molecular complexity index is 4460. The lowest BCUT2D eigenvalue weighted by Gasteiger charge is -2.26. The number of aromatic nitrogens is 4. The van der Waals surface area contributed by atoms with E-state index in [0.29, 0.717) is 17.5 Å². The molecular formula is C63H38N4S2. The number of hydrogen-bond acceptors (Lipinski definition) is 5. The molecule has 1 atom stereocenters. The number of benzene rings is 10. The molecule has 0 fully saturated rings. The average molecular weight is 915 g/mol. The summed E-state index contributed by atoms with van der Waals surface area (Å²) in [5, 5.41) is 13.7. The molecule has 69 heavy (non-hydrogen) atoms. The summed E-state index contributed by atoms with van der Waals surface area (Å²) in [4.78, 5) is 17.7. The van der Waals surface area contributed by atoms with Crippen molar-refractivity contribution in [3.05, 3.63) is 229 Å². The smallest absolute Gasteiger partial charge is 0.165 e. The van der Waals surface area contributed by atoms with Crippen LogP contribution in [-0.2, 0) is 0 Å². The quantitative estimate of drug-likeness (QED) is 0.173. The number of hydrogen-bond donors (Lipinski definition) is 0. The van der Waals surface area contributed by atoms with Crippen LogP contribution in [0.4, 0.5) is 0 Å². The van der Waals surface area contributed by atoms with Crippen molar-refractivity contribution in [3.8, 4) is 33.9 Å². The Balaban J connectivity index is 0.990. The molecule has 6 heteroatoms. The molecule has 10 aromatic carbocycles. The molecule has 15 rings (SSSR count). The maximum Gasteiger partial charge on any atom is 0.165 e. The molecule has 0 N–H and O–H groups in total. The van der Waals surface area contributed by atoms with Crippen molar-refractivity contribution in [1.29, 1.82) is 0 Å². The largest absolute Gasteiger partial charge is 0.332 e. The highest BCUT2D eigenvalue weighted by Crippen LogP contribution is 2.51. The minimum absolute atomic E-state index is 0.0187. The Labute approximate surface area is 404 Å². The van der Waals surface area contributed by atoms with Gasteiger partial charge in [0.1, 0.15) is 0 Å². The fraction of sp³-hybridized carbons (Fsp3) is 0.0317. The van der Waals surface area contributed by atoms with Gasteiger partial charge in [-0.3, -0.25) is 0 Å². The Hall–Kier alpha value is -8.29. The standard InChI is InChI=1S/C63H38N4S2/c1-2-13-37(14-3-1)38-25-27-40(28-26-38)61-64-62(66-63(65-61)49-23-12-22-47-46-21-10-11-24-55(46)68-59(47)49)48-30-32-53(60-58(48)51-34-42-17-5-7-19-44(42)36-56(51)69-60)67-52-31-29-39-15-8-9-20-45(39)57(52)50-33-41-16-4-6-18-43(41)35-54(50)67/h1-31,33-36,53H,32H2. The van der Waals surface area contributed by atoms with Gasteiger partial charge in [0.25, 0.3) is 0 Å². The number of rotatable bonds is 5. The molecule has 0 bridgehead atoms. The summed E-state index contributed by atoms with van der Waals surface area (Å²) in [6.07, 6.45) is 3.19. The predicted octanol–water partition coefficient (Wildman–Crippen LogP) is 17.4. The summed E-state index contributed by atoms with van der Waals surface area (Å²) < 4.78 is 6.33. The van der Waals surface area contributed by atoms with Crippen LogP contribution in [0, 0.1) is 0 Å². The summed E-state index contributed by atoms with van der Waals surface area (Å²) in [6, 6.07) is 75.1. The minimum Gasteiger partial charge on any atom is -0.332 e. The molecule has 4 nitrogen and oxygen atoms in total. The Morgan fingerprint density at radius 1 is 0.406 bits per heavy atom. The van der Waals surface area contributed by atoms with Crippen molar-refractivity contribution in [1.82, 2.24) is 19.5 Å². The van der Waals surface area contributed by atoms with Crippen LogP contribution in [0.3, 0.4) is 0 Å². The van der Waals surface area contributed by atoms with Crippen molar-refractivity contribution in [2.45, 2.75) is 12.5 Å². The van der Waals surface area contributed by atoms with E-state index in [1.54, 1.807) is 11.3 Å². The van der Waals surface area contributed by atoms with Gasteiger partial charge in [0.2, 0.25) is 0 Å². The van der Waals surface area contributed by atoms with Crippen LogP contribution in [-0.4, -0.2) is 19.5 Å². The van der Waals surface area contributed by atoms with Gasteiger partial charge in [0.05, 0.1) is 17.1 Å². The zero-order chi connectivity index (χ0) is 45.2. The van der Waals surface area contributed by atoms with Crippen LogP contribution in [0.15, 0.2) is 212 Å². The number of allylic oxidation sites excluding steroid dienone is 1. The third kappa shape index (κ3) is 6.02. The van der Waals surface area contributed by atoms with E-state index in [2.05, 4.69) is 217 Å². The second kappa shape index (κ2) is 15.1. The maximum absolute atomic E-state index is 5.56. The molecule has 4 heterocycles. The fourth-order valence-corrected chi connectivity index (χ4v) is 13.7. The third-order valence-electron chi connectivity index (χ3n) is 14.3. The first kappa shape index (κ1) is 38.8. The van der Waals surface area contributed by atoms with Crippen LogP contribution in [0.25, 0.3) is 124 Å². The molecule has 0 radical (unpaired) electrons. The Morgan fingerprint density at radius 3 is 1.84 bits per heavy atom. The second-order valence-corrected chi connectivity index (χ2v) is 20.3. The fourth-order valence-electron chi connectivity index (χ4n) is 11.1. The van der Waals surface area contributed by atoms with Gasteiger partial charge in [-0.05, 0) is 92.3 Å². The van der Waals surface area contributed by atoms with E-state index in [4.69, 9.17) is 15.0 Å². The molecule has 0 amide bonds. The highest BCUT2D eigenvalue weighted by Gasteiger charge is 2.33. The third-order valence-corrected chi connectivity index (χ3v) is 16.8. The van der Waals surface area contributed by atoms with Crippen LogP contribution >= 0.6 is 22.7 Å². The zero-order valence-corrected chi connectivity index (χ0v) is 38.7. The number of thiophene rings is 2. The van der Waals surface area contributed by atoms with Gasteiger partial charge in [-0.2, -0.15) is 0 Å². The first-order valence-corrected chi connectivity index (χ1v) is 25.1. The lowest BCUT2D eigenvalue weighted by molar-refractivity contribution is 0.636. The molecule has 0 aliphatic heterocycles. The molecule has 1 aliphatic carbocycles. The normalized spacial score (nSPS) is 14.0. The lowest BCUT2D eigenvalue weighted by atomic mass is 9.90. The molecule has 0 saturated heterocycles. The Kier molecular flexibility index (Phi) is 8.49. The van der Waals surface area contributed by atoms with Crippen molar-refractivity contribution in [2.75, 3.05) is 0 Å².